The Morgan fingerprint density at radius 1 is 1.10 bits per heavy atom. The maximum Gasteiger partial charge on any atom is 0.165 e. The maximum atomic E-state index is 13.8. The van der Waals surface area contributed by atoms with E-state index in [2.05, 4.69) is 21.8 Å². The van der Waals surface area contributed by atoms with Gasteiger partial charge >= 0.3 is 0 Å². The molecule has 0 amide bonds. The number of nitrogens with zero attached hydrogens (tertiary/aromatic N) is 3. The van der Waals surface area contributed by atoms with E-state index in [1.807, 2.05) is 0 Å². The fourth-order valence-electron chi connectivity index (χ4n) is 3.69. The molecule has 2 aliphatic rings. The van der Waals surface area contributed by atoms with Gasteiger partial charge in [-0.3, -0.25) is 0 Å². The second kappa shape index (κ2) is 5.68. The SMILES string of the molecule is CN1CCCC2(CC1)CCN(c1ncccc1F)CC2. The molecule has 4 heteroatoms. The molecule has 1 aromatic heterocycles. The Labute approximate surface area is 120 Å². The van der Waals surface area contributed by atoms with Crippen molar-refractivity contribution in [1.82, 2.24) is 9.88 Å². The van der Waals surface area contributed by atoms with E-state index in [0.29, 0.717) is 11.2 Å². The van der Waals surface area contributed by atoms with Crippen molar-refractivity contribution in [3.05, 3.63) is 24.1 Å². The molecular formula is C16H24FN3. The predicted molar refractivity (Wildman–Crippen MR) is 79.4 cm³/mol. The first-order chi connectivity index (χ1) is 9.69. The number of piperidine rings is 1. The number of pyridine rings is 1. The van der Waals surface area contributed by atoms with Crippen LogP contribution in [0, 0.1) is 11.2 Å². The van der Waals surface area contributed by atoms with E-state index in [0.717, 1.165) is 13.1 Å². The minimum atomic E-state index is -0.191. The Bertz CT molecular complexity index is 455. The third-order valence-corrected chi connectivity index (χ3v) is 5.13. The zero-order valence-corrected chi connectivity index (χ0v) is 12.3. The van der Waals surface area contributed by atoms with E-state index in [-0.39, 0.29) is 5.82 Å². The molecule has 2 fully saturated rings. The van der Waals surface area contributed by atoms with Crippen molar-refractivity contribution < 1.29 is 4.39 Å². The van der Waals surface area contributed by atoms with Crippen LogP contribution in [-0.2, 0) is 0 Å². The Hall–Kier alpha value is -1.16. The summed E-state index contributed by atoms with van der Waals surface area (Å²) in [4.78, 5) is 8.77. The van der Waals surface area contributed by atoms with E-state index in [4.69, 9.17) is 0 Å². The lowest BCUT2D eigenvalue weighted by Gasteiger charge is -2.42. The van der Waals surface area contributed by atoms with Gasteiger partial charge in [0.1, 0.15) is 0 Å². The minimum absolute atomic E-state index is 0.191. The summed E-state index contributed by atoms with van der Waals surface area (Å²) in [5, 5.41) is 0. The quantitative estimate of drug-likeness (QED) is 0.787. The van der Waals surface area contributed by atoms with Crippen LogP contribution in [0.4, 0.5) is 10.2 Å². The molecule has 0 N–H and O–H groups in total. The third kappa shape index (κ3) is 2.80. The van der Waals surface area contributed by atoms with Crippen LogP contribution in [0.5, 0.6) is 0 Å². The molecular weight excluding hydrogens is 253 g/mol. The Morgan fingerprint density at radius 2 is 1.85 bits per heavy atom. The standard InChI is InChI=1S/C16H24FN3/c1-19-10-3-5-16(6-11-19)7-12-20(13-8-16)15-14(17)4-2-9-18-15/h2,4,9H,3,5-8,10-13H2,1H3. The van der Waals surface area contributed by atoms with Gasteiger partial charge in [0, 0.05) is 19.3 Å². The molecule has 0 atom stereocenters. The monoisotopic (exact) mass is 277 g/mol. The summed E-state index contributed by atoms with van der Waals surface area (Å²) in [6.45, 7) is 4.31. The highest BCUT2D eigenvalue weighted by Crippen LogP contribution is 2.41. The molecule has 1 aromatic rings. The lowest BCUT2D eigenvalue weighted by molar-refractivity contribution is 0.184. The lowest BCUT2D eigenvalue weighted by Crippen LogP contribution is -2.41. The summed E-state index contributed by atoms with van der Waals surface area (Å²) < 4.78 is 13.8. The number of aromatic nitrogens is 1. The molecule has 0 aromatic carbocycles. The topological polar surface area (TPSA) is 19.4 Å². The Balaban J connectivity index is 1.66. The average molecular weight is 277 g/mol. The fraction of sp³-hybridized carbons (Fsp3) is 0.688. The van der Waals surface area contributed by atoms with E-state index in [1.165, 1.54) is 51.3 Å². The molecule has 0 saturated carbocycles. The van der Waals surface area contributed by atoms with Crippen molar-refractivity contribution in [1.29, 1.82) is 0 Å². The van der Waals surface area contributed by atoms with Crippen LogP contribution in [0.15, 0.2) is 18.3 Å². The molecule has 3 heterocycles. The van der Waals surface area contributed by atoms with Gasteiger partial charge in [0.25, 0.3) is 0 Å². The van der Waals surface area contributed by atoms with E-state index in [1.54, 1.807) is 12.3 Å². The van der Waals surface area contributed by atoms with Crippen LogP contribution in [-0.4, -0.2) is 43.1 Å². The van der Waals surface area contributed by atoms with Crippen molar-refractivity contribution in [3.8, 4) is 0 Å². The van der Waals surface area contributed by atoms with Crippen LogP contribution in [0.1, 0.15) is 32.1 Å². The molecule has 3 rings (SSSR count). The third-order valence-electron chi connectivity index (χ3n) is 5.13. The molecule has 110 valence electrons. The van der Waals surface area contributed by atoms with Crippen molar-refractivity contribution >= 4 is 5.82 Å². The van der Waals surface area contributed by atoms with Crippen LogP contribution < -0.4 is 4.90 Å². The van der Waals surface area contributed by atoms with Crippen LogP contribution in [0.2, 0.25) is 0 Å². The molecule has 1 spiro atoms. The van der Waals surface area contributed by atoms with Gasteiger partial charge in [0.05, 0.1) is 0 Å². The molecule has 2 aliphatic heterocycles. The number of rotatable bonds is 1. The van der Waals surface area contributed by atoms with Gasteiger partial charge in [0.2, 0.25) is 0 Å². The van der Waals surface area contributed by atoms with Gasteiger partial charge in [-0.25, -0.2) is 9.37 Å². The van der Waals surface area contributed by atoms with Crippen molar-refractivity contribution in [2.75, 3.05) is 38.1 Å². The van der Waals surface area contributed by atoms with Crippen LogP contribution in [0.25, 0.3) is 0 Å². The van der Waals surface area contributed by atoms with Gasteiger partial charge in [-0.15, -0.1) is 0 Å². The summed E-state index contributed by atoms with van der Waals surface area (Å²) >= 11 is 0. The fourth-order valence-corrected chi connectivity index (χ4v) is 3.69. The first-order valence-electron chi connectivity index (χ1n) is 7.73. The van der Waals surface area contributed by atoms with E-state index in [9.17, 15) is 4.39 Å². The van der Waals surface area contributed by atoms with Gasteiger partial charge < -0.3 is 9.80 Å². The number of halogens is 1. The number of hydrogen-bond acceptors (Lipinski definition) is 3. The summed E-state index contributed by atoms with van der Waals surface area (Å²) in [5.41, 5.74) is 0.493. The first kappa shape index (κ1) is 13.8. The molecule has 2 saturated heterocycles. The summed E-state index contributed by atoms with van der Waals surface area (Å²) in [6.07, 6.45) is 7.96. The lowest BCUT2D eigenvalue weighted by atomic mass is 9.73. The number of hydrogen-bond donors (Lipinski definition) is 0. The van der Waals surface area contributed by atoms with Gasteiger partial charge in [0.15, 0.2) is 11.6 Å². The van der Waals surface area contributed by atoms with Crippen molar-refractivity contribution in [2.45, 2.75) is 32.1 Å². The largest absolute Gasteiger partial charge is 0.354 e. The second-order valence-corrected chi connectivity index (χ2v) is 6.45. The Morgan fingerprint density at radius 3 is 2.60 bits per heavy atom. The number of anilines is 1. The van der Waals surface area contributed by atoms with Gasteiger partial charge in [-0.05, 0) is 69.8 Å². The zero-order chi connectivity index (χ0) is 14.0. The van der Waals surface area contributed by atoms with Gasteiger partial charge in [-0.1, -0.05) is 0 Å². The summed E-state index contributed by atoms with van der Waals surface area (Å²) in [6, 6.07) is 3.17. The van der Waals surface area contributed by atoms with Crippen molar-refractivity contribution in [2.24, 2.45) is 5.41 Å². The Kier molecular flexibility index (Phi) is 3.92. The molecule has 0 aliphatic carbocycles. The van der Waals surface area contributed by atoms with Gasteiger partial charge in [-0.2, -0.15) is 0 Å². The highest BCUT2D eigenvalue weighted by Gasteiger charge is 2.36. The maximum absolute atomic E-state index is 13.8. The van der Waals surface area contributed by atoms with E-state index >= 15 is 0 Å². The molecule has 3 nitrogen and oxygen atoms in total. The number of likely N-dealkylation sites (tertiary alicyclic amines) is 1. The predicted octanol–water partition coefficient (Wildman–Crippen LogP) is 2.92. The smallest absolute Gasteiger partial charge is 0.165 e. The normalized spacial score (nSPS) is 23.8. The van der Waals surface area contributed by atoms with Crippen LogP contribution in [0.3, 0.4) is 0 Å². The summed E-state index contributed by atoms with van der Waals surface area (Å²) in [7, 11) is 2.22. The summed E-state index contributed by atoms with van der Waals surface area (Å²) in [5.74, 6) is 0.345. The molecule has 0 radical (unpaired) electrons. The minimum Gasteiger partial charge on any atom is -0.354 e. The second-order valence-electron chi connectivity index (χ2n) is 6.45. The highest BCUT2D eigenvalue weighted by atomic mass is 19.1. The van der Waals surface area contributed by atoms with Crippen molar-refractivity contribution in [3.63, 3.8) is 0 Å². The van der Waals surface area contributed by atoms with E-state index < -0.39 is 0 Å². The van der Waals surface area contributed by atoms with Crippen LogP contribution >= 0.6 is 0 Å². The molecule has 20 heavy (non-hydrogen) atoms. The molecule has 0 unspecified atom stereocenters. The molecule has 0 bridgehead atoms. The first-order valence-corrected chi connectivity index (χ1v) is 7.73. The average Bonchev–Trinajstić information content (AvgIpc) is 2.64. The zero-order valence-electron chi connectivity index (χ0n) is 12.3. The highest BCUT2D eigenvalue weighted by molar-refractivity contribution is 5.40.